The first-order valence-corrected chi connectivity index (χ1v) is 5.44. The molecule has 2 aromatic heterocycles. The van der Waals surface area contributed by atoms with E-state index in [9.17, 15) is 4.79 Å². The second-order valence-corrected chi connectivity index (χ2v) is 4.17. The van der Waals surface area contributed by atoms with Crippen LogP contribution in [0.4, 0.5) is 0 Å². The molecule has 3 nitrogen and oxygen atoms in total. The highest BCUT2D eigenvalue weighted by Crippen LogP contribution is 2.22. The van der Waals surface area contributed by atoms with Crippen LogP contribution in [-0.2, 0) is 0 Å². The van der Waals surface area contributed by atoms with Crippen LogP contribution in [0, 0.1) is 6.92 Å². The minimum atomic E-state index is -0.00912. The molecule has 0 aliphatic rings. The van der Waals surface area contributed by atoms with E-state index in [2.05, 4.69) is 9.97 Å². The van der Waals surface area contributed by atoms with Crippen molar-refractivity contribution in [1.82, 2.24) is 9.97 Å². The molecule has 0 aromatic carbocycles. The number of nitrogens with zero attached hydrogens (tertiary/aromatic N) is 2. The Labute approximate surface area is 91.8 Å². The van der Waals surface area contributed by atoms with E-state index in [0.717, 1.165) is 16.3 Å². The Balaban J connectivity index is 2.41. The zero-order chi connectivity index (χ0) is 10.8. The summed E-state index contributed by atoms with van der Waals surface area (Å²) in [7, 11) is 0. The first-order valence-electron chi connectivity index (χ1n) is 4.56. The van der Waals surface area contributed by atoms with E-state index < -0.39 is 0 Å². The molecule has 4 heteroatoms. The van der Waals surface area contributed by atoms with Crippen LogP contribution in [0.1, 0.15) is 23.0 Å². The average molecular weight is 218 g/mol. The summed E-state index contributed by atoms with van der Waals surface area (Å²) >= 11 is 1.45. The molecule has 0 saturated carbocycles. The Hall–Kier alpha value is -1.55. The number of hydrogen-bond donors (Lipinski definition) is 0. The van der Waals surface area contributed by atoms with Crippen LogP contribution in [0.25, 0.3) is 10.7 Å². The summed E-state index contributed by atoms with van der Waals surface area (Å²) in [5.41, 5.74) is 2.48. The summed E-state index contributed by atoms with van der Waals surface area (Å²) in [5, 5.41) is 2.56. The van der Waals surface area contributed by atoms with Gasteiger partial charge in [0.2, 0.25) is 0 Å². The Bertz CT molecular complexity index is 505. The van der Waals surface area contributed by atoms with Gasteiger partial charge in [-0.05, 0) is 24.6 Å². The van der Waals surface area contributed by atoms with E-state index >= 15 is 0 Å². The Morgan fingerprint density at radius 3 is 2.87 bits per heavy atom. The van der Waals surface area contributed by atoms with E-state index in [0.29, 0.717) is 5.69 Å². The second kappa shape index (κ2) is 3.90. The minimum Gasteiger partial charge on any atom is -0.293 e. The quantitative estimate of drug-likeness (QED) is 0.728. The van der Waals surface area contributed by atoms with Gasteiger partial charge in [-0.2, -0.15) is 0 Å². The number of aryl methyl sites for hydroxylation is 1. The van der Waals surface area contributed by atoms with Crippen molar-refractivity contribution in [2.24, 2.45) is 0 Å². The molecule has 0 atom stereocenters. The number of Topliss-reactive ketones (excluding diaryl/α,β-unsaturated/α-hetero) is 1. The van der Waals surface area contributed by atoms with Crippen LogP contribution in [0.5, 0.6) is 0 Å². The zero-order valence-electron chi connectivity index (χ0n) is 8.52. The Morgan fingerprint density at radius 2 is 2.27 bits per heavy atom. The van der Waals surface area contributed by atoms with Crippen LogP contribution < -0.4 is 0 Å². The SMILES string of the molecule is CC(=O)c1csc(-c2cc(C)ccn2)n1. The summed E-state index contributed by atoms with van der Waals surface area (Å²) in [4.78, 5) is 19.5. The lowest BCUT2D eigenvalue weighted by Gasteiger charge is -1.95. The largest absolute Gasteiger partial charge is 0.293 e. The smallest absolute Gasteiger partial charge is 0.178 e. The molecule has 0 N–H and O–H groups in total. The van der Waals surface area contributed by atoms with Crippen molar-refractivity contribution in [2.45, 2.75) is 13.8 Å². The lowest BCUT2D eigenvalue weighted by molar-refractivity contribution is 0.101. The van der Waals surface area contributed by atoms with Crippen molar-refractivity contribution < 1.29 is 4.79 Å². The molecule has 2 rings (SSSR count). The van der Waals surface area contributed by atoms with Gasteiger partial charge < -0.3 is 0 Å². The summed E-state index contributed by atoms with van der Waals surface area (Å²) in [5.74, 6) is -0.00912. The van der Waals surface area contributed by atoms with E-state index in [-0.39, 0.29) is 5.78 Å². The molecule has 0 spiro atoms. The predicted octanol–water partition coefficient (Wildman–Crippen LogP) is 2.72. The van der Waals surface area contributed by atoms with Crippen molar-refractivity contribution in [3.05, 3.63) is 35.0 Å². The van der Waals surface area contributed by atoms with Gasteiger partial charge in [0.25, 0.3) is 0 Å². The molecule has 0 aliphatic carbocycles. The van der Waals surface area contributed by atoms with Crippen LogP contribution in [0.15, 0.2) is 23.7 Å². The third kappa shape index (κ3) is 2.10. The molecule has 2 aromatic rings. The van der Waals surface area contributed by atoms with E-state index in [1.165, 1.54) is 18.3 Å². The van der Waals surface area contributed by atoms with Gasteiger partial charge in [-0.25, -0.2) is 4.98 Å². The molecule has 76 valence electrons. The highest BCUT2D eigenvalue weighted by Gasteiger charge is 2.08. The molecule has 0 saturated heterocycles. The normalized spacial score (nSPS) is 10.3. The summed E-state index contributed by atoms with van der Waals surface area (Å²) in [6.45, 7) is 3.52. The lowest BCUT2D eigenvalue weighted by atomic mass is 10.2. The first kappa shape index (κ1) is 9.98. The molecule has 0 aliphatic heterocycles. The van der Waals surface area contributed by atoms with Gasteiger partial charge in [0, 0.05) is 18.5 Å². The Morgan fingerprint density at radius 1 is 1.47 bits per heavy atom. The van der Waals surface area contributed by atoms with Crippen molar-refractivity contribution >= 4 is 17.1 Å². The van der Waals surface area contributed by atoms with Gasteiger partial charge in [0.15, 0.2) is 5.78 Å². The number of rotatable bonds is 2. The molecular weight excluding hydrogens is 208 g/mol. The maximum Gasteiger partial charge on any atom is 0.178 e. The standard InChI is InChI=1S/C11H10N2OS/c1-7-3-4-12-9(5-7)11-13-10(6-15-11)8(2)14/h3-6H,1-2H3. The third-order valence-electron chi connectivity index (χ3n) is 2.00. The topological polar surface area (TPSA) is 42.9 Å². The van der Waals surface area contributed by atoms with Crippen LogP contribution in [0.2, 0.25) is 0 Å². The van der Waals surface area contributed by atoms with Gasteiger partial charge in [-0.3, -0.25) is 9.78 Å². The number of carbonyl (C=O) groups excluding carboxylic acids is 1. The number of thiazole rings is 1. The fourth-order valence-electron chi connectivity index (χ4n) is 1.21. The van der Waals surface area contributed by atoms with Crippen molar-refractivity contribution in [3.8, 4) is 10.7 Å². The van der Waals surface area contributed by atoms with Gasteiger partial charge in [-0.1, -0.05) is 0 Å². The summed E-state index contributed by atoms with van der Waals surface area (Å²) in [6, 6.07) is 3.89. The molecule has 0 fully saturated rings. The minimum absolute atomic E-state index is 0.00912. The highest BCUT2D eigenvalue weighted by molar-refractivity contribution is 7.13. The van der Waals surface area contributed by atoms with Crippen LogP contribution >= 0.6 is 11.3 Å². The Kier molecular flexibility index (Phi) is 2.60. The fourth-order valence-corrected chi connectivity index (χ4v) is 2.03. The third-order valence-corrected chi connectivity index (χ3v) is 2.86. The summed E-state index contributed by atoms with van der Waals surface area (Å²) in [6.07, 6.45) is 1.75. The first-order chi connectivity index (χ1) is 7.16. The molecule has 0 radical (unpaired) electrons. The van der Waals surface area contributed by atoms with Crippen LogP contribution in [-0.4, -0.2) is 15.8 Å². The number of carbonyl (C=O) groups is 1. The molecule has 0 unspecified atom stereocenters. The number of hydrogen-bond acceptors (Lipinski definition) is 4. The fraction of sp³-hybridized carbons (Fsp3) is 0.182. The van der Waals surface area contributed by atoms with E-state index in [1.807, 2.05) is 19.1 Å². The maximum atomic E-state index is 11.1. The van der Waals surface area contributed by atoms with Crippen molar-refractivity contribution in [1.29, 1.82) is 0 Å². The monoisotopic (exact) mass is 218 g/mol. The number of ketones is 1. The molecule has 0 bridgehead atoms. The van der Waals surface area contributed by atoms with E-state index in [1.54, 1.807) is 11.6 Å². The van der Waals surface area contributed by atoms with Gasteiger partial charge in [0.1, 0.15) is 10.7 Å². The maximum absolute atomic E-state index is 11.1. The second-order valence-electron chi connectivity index (χ2n) is 3.31. The molecular formula is C11H10N2OS. The number of aromatic nitrogens is 2. The highest BCUT2D eigenvalue weighted by atomic mass is 32.1. The molecule has 15 heavy (non-hydrogen) atoms. The average Bonchev–Trinajstić information content (AvgIpc) is 2.66. The summed E-state index contributed by atoms with van der Waals surface area (Å²) < 4.78 is 0. The van der Waals surface area contributed by atoms with Crippen molar-refractivity contribution in [2.75, 3.05) is 0 Å². The predicted molar refractivity (Wildman–Crippen MR) is 60.1 cm³/mol. The number of pyridine rings is 1. The van der Waals surface area contributed by atoms with Gasteiger partial charge >= 0.3 is 0 Å². The van der Waals surface area contributed by atoms with Gasteiger partial charge in [-0.15, -0.1) is 11.3 Å². The van der Waals surface area contributed by atoms with Crippen LogP contribution in [0.3, 0.4) is 0 Å². The molecule has 2 heterocycles. The lowest BCUT2D eigenvalue weighted by Crippen LogP contribution is -1.91. The van der Waals surface area contributed by atoms with Crippen molar-refractivity contribution in [3.63, 3.8) is 0 Å². The zero-order valence-corrected chi connectivity index (χ0v) is 9.34. The van der Waals surface area contributed by atoms with Gasteiger partial charge in [0.05, 0.1) is 5.69 Å². The van der Waals surface area contributed by atoms with E-state index in [4.69, 9.17) is 0 Å². The molecule has 0 amide bonds.